The maximum atomic E-state index is 13.8. The molecule has 1 aliphatic rings. The molecule has 2 aromatic heterocycles. The molecule has 2 heterocycles. The molecule has 0 saturated heterocycles. The molecule has 1 saturated carbocycles. The molecule has 8 heteroatoms. The molecule has 0 radical (unpaired) electrons. The molecule has 0 bridgehead atoms. The van der Waals surface area contributed by atoms with Crippen molar-refractivity contribution in [2.45, 2.75) is 51.1 Å². The summed E-state index contributed by atoms with van der Waals surface area (Å²) in [6.07, 6.45) is 7.35. The minimum Gasteiger partial charge on any atom is -0.308 e. The van der Waals surface area contributed by atoms with Gasteiger partial charge in [-0.15, -0.1) is 0 Å². The number of nitrogens with one attached hydrogen (secondary N) is 1. The van der Waals surface area contributed by atoms with E-state index in [0.717, 1.165) is 36.6 Å². The third-order valence-electron chi connectivity index (χ3n) is 6.36. The molecule has 0 unspecified atom stereocenters. The zero-order valence-electron chi connectivity index (χ0n) is 17.2. The Morgan fingerprint density at radius 1 is 1.23 bits per heavy atom. The fourth-order valence-corrected chi connectivity index (χ4v) is 4.75. The first-order valence-corrected chi connectivity index (χ1v) is 10.9. The minimum atomic E-state index is -0.451. The van der Waals surface area contributed by atoms with Crippen LogP contribution in [-0.2, 0) is 6.54 Å². The molecule has 0 aliphatic heterocycles. The smallest absolute Gasteiger partial charge is 0.293 e. The van der Waals surface area contributed by atoms with E-state index in [1.54, 1.807) is 18.3 Å². The van der Waals surface area contributed by atoms with Gasteiger partial charge < -0.3 is 5.32 Å². The van der Waals surface area contributed by atoms with Crippen LogP contribution in [0.4, 0.5) is 10.1 Å². The summed E-state index contributed by atoms with van der Waals surface area (Å²) in [6, 6.07) is 8.31. The Labute approximate surface area is 185 Å². The van der Waals surface area contributed by atoms with Crippen LogP contribution in [0.3, 0.4) is 0 Å². The summed E-state index contributed by atoms with van der Waals surface area (Å²) in [4.78, 5) is 19.3. The number of rotatable bonds is 6. The third kappa shape index (κ3) is 4.83. The van der Waals surface area contributed by atoms with E-state index in [1.807, 2.05) is 6.07 Å². The van der Waals surface area contributed by atoms with Gasteiger partial charge in [0.1, 0.15) is 11.5 Å². The van der Waals surface area contributed by atoms with Crippen molar-refractivity contribution in [1.82, 2.24) is 15.3 Å². The Bertz CT molecular complexity index is 1100. The molecule has 0 amide bonds. The van der Waals surface area contributed by atoms with Gasteiger partial charge in [0.2, 0.25) is 0 Å². The minimum absolute atomic E-state index is 0.0623. The maximum Gasteiger partial charge on any atom is 0.293 e. The second-order valence-corrected chi connectivity index (χ2v) is 8.66. The quantitative estimate of drug-likeness (QED) is 0.386. The molecule has 4 rings (SSSR count). The Morgan fingerprint density at radius 3 is 2.74 bits per heavy atom. The molecule has 1 atom stereocenters. The molecular formula is C23H24ClFN4O2. The van der Waals surface area contributed by atoms with Crippen LogP contribution in [0.1, 0.15) is 49.8 Å². The van der Waals surface area contributed by atoms with Gasteiger partial charge in [-0.25, -0.2) is 4.39 Å². The molecular weight excluding hydrogens is 419 g/mol. The van der Waals surface area contributed by atoms with Crippen LogP contribution in [-0.4, -0.2) is 20.9 Å². The average molecular weight is 443 g/mol. The lowest BCUT2D eigenvalue weighted by atomic mass is 9.75. The predicted molar refractivity (Wildman–Crippen MR) is 119 cm³/mol. The second kappa shape index (κ2) is 9.24. The van der Waals surface area contributed by atoms with E-state index >= 15 is 0 Å². The van der Waals surface area contributed by atoms with E-state index < -0.39 is 4.92 Å². The number of nitro groups is 1. The van der Waals surface area contributed by atoms with Gasteiger partial charge in [0, 0.05) is 36.4 Å². The van der Waals surface area contributed by atoms with Crippen molar-refractivity contribution in [2.75, 3.05) is 0 Å². The normalized spacial score (nSPS) is 20.0. The Morgan fingerprint density at radius 2 is 2.00 bits per heavy atom. The zero-order valence-corrected chi connectivity index (χ0v) is 18.0. The Hall–Kier alpha value is -2.64. The van der Waals surface area contributed by atoms with Crippen molar-refractivity contribution in [2.24, 2.45) is 5.92 Å². The number of halogens is 2. The molecule has 162 valence electrons. The summed E-state index contributed by atoms with van der Waals surface area (Å²) < 4.78 is 13.8. The fraction of sp³-hybridized carbons (Fsp3) is 0.391. The van der Waals surface area contributed by atoms with Crippen LogP contribution in [0.25, 0.3) is 10.9 Å². The Kier molecular flexibility index (Phi) is 6.43. The monoisotopic (exact) mass is 442 g/mol. The lowest BCUT2D eigenvalue weighted by Gasteiger charge is -2.33. The first kappa shape index (κ1) is 21.6. The summed E-state index contributed by atoms with van der Waals surface area (Å²) in [6.45, 7) is 2.44. The van der Waals surface area contributed by atoms with Gasteiger partial charge in [-0.05, 0) is 74.3 Å². The highest BCUT2D eigenvalue weighted by Gasteiger charge is 2.27. The first-order chi connectivity index (χ1) is 14.9. The molecule has 0 spiro atoms. The molecule has 1 aromatic carbocycles. The number of aromatic nitrogens is 2. The maximum absolute atomic E-state index is 13.8. The standard InChI is InChI=1S/C23H24ClFN4O2/c1-14(27-13-22-23(29(30)31)10-17(24)12-28-22)15-2-4-16(5-3-15)19-8-9-26-21-7-6-18(25)11-20(19)21/h6-12,14-16,27H,2-5,13H2,1H3/t14-,15?,16?/m1/s1. The highest BCUT2D eigenvalue weighted by atomic mass is 35.5. The number of pyridine rings is 2. The number of fused-ring (bicyclic) bond motifs is 1. The van der Waals surface area contributed by atoms with E-state index in [2.05, 4.69) is 22.2 Å². The van der Waals surface area contributed by atoms with Crippen LogP contribution < -0.4 is 5.32 Å². The predicted octanol–water partition coefficient (Wildman–Crippen LogP) is 5.78. The van der Waals surface area contributed by atoms with Gasteiger partial charge in [0.15, 0.2) is 0 Å². The highest BCUT2D eigenvalue weighted by Crippen LogP contribution is 2.39. The molecule has 6 nitrogen and oxygen atoms in total. The van der Waals surface area contributed by atoms with Gasteiger partial charge in [0.25, 0.3) is 5.69 Å². The van der Waals surface area contributed by atoms with Crippen LogP contribution >= 0.6 is 11.6 Å². The van der Waals surface area contributed by atoms with Crippen LogP contribution in [0.2, 0.25) is 5.02 Å². The van der Waals surface area contributed by atoms with E-state index in [-0.39, 0.29) is 22.6 Å². The average Bonchev–Trinajstić information content (AvgIpc) is 2.77. The number of hydrogen-bond donors (Lipinski definition) is 1. The third-order valence-corrected chi connectivity index (χ3v) is 6.56. The summed E-state index contributed by atoms with van der Waals surface area (Å²) in [5.41, 5.74) is 2.32. The highest BCUT2D eigenvalue weighted by molar-refractivity contribution is 6.30. The van der Waals surface area contributed by atoms with E-state index in [9.17, 15) is 14.5 Å². The van der Waals surface area contributed by atoms with Gasteiger partial charge in [-0.3, -0.25) is 20.1 Å². The van der Waals surface area contributed by atoms with E-state index in [0.29, 0.717) is 24.1 Å². The fourth-order valence-electron chi connectivity index (χ4n) is 4.60. The van der Waals surface area contributed by atoms with Crippen molar-refractivity contribution in [3.8, 4) is 0 Å². The van der Waals surface area contributed by atoms with Crippen molar-refractivity contribution in [3.63, 3.8) is 0 Å². The van der Waals surface area contributed by atoms with Crippen LogP contribution in [0.5, 0.6) is 0 Å². The van der Waals surface area contributed by atoms with E-state index in [1.165, 1.54) is 23.9 Å². The van der Waals surface area contributed by atoms with Gasteiger partial charge in [-0.1, -0.05) is 11.6 Å². The largest absolute Gasteiger partial charge is 0.308 e. The van der Waals surface area contributed by atoms with Gasteiger partial charge >= 0.3 is 0 Å². The van der Waals surface area contributed by atoms with Crippen LogP contribution in [0.15, 0.2) is 42.7 Å². The molecule has 1 fully saturated rings. The lowest BCUT2D eigenvalue weighted by molar-refractivity contribution is -0.386. The molecule has 3 aromatic rings. The Balaban J connectivity index is 1.38. The van der Waals surface area contributed by atoms with Crippen LogP contribution in [0, 0.1) is 21.8 Å². The summed E-state index contributed by atoms with van der Waals surface area (Å²) >= 11 is 5.84. The van der Waals surface area contributed by atoms with Gasteiger partial charge in [-0.2, -0.15) is 0 Å². The first-order valence-electron chi connectivity index (χ1n) is 10.5. The zero-order chi connectivity index (χ0) is 22.0. The molecule has 31 heavy (non-hydrogen) atoms. The van der Waals surface area contributed by atoms with Gasteiger partial charge in [0.05, 0.1) is 15.5 Å². The lowest BCUT2D eigenvalue weighted by Crippen LogP contribution is -2.35. The molecule has 1 N–H and O–H groups in total. The van der Waals surface area contributed by atoms with E-state index in [4.69, 9.17) is 11.6 Å². The van der Waals surface area contributed by atoms with Crippen molar-refractivity contribution in [3.05, 3.63) is 74.9 Å². The second-order valence-electron chi connectivity index (χ2n) is 8.22. The number of hydrogen-bond acceptors (Lipinski definition) is 5. The molecule has 1 aliphatic carbocycles. The summed E-state index contributed by atoms with van der Waals surface area (Å²) in [7, 11) is 0. The SMILES string of the molecule is C[C@@H](NCc1ncc(Cl)cc1[N+](=O)[O-])C1CCC(c2ccnc3ccc(F)cc23)CC1. The topological polar surface area (TPSA) is 81.0 Å². The van der Waals surface area contributed by atoms with Crippen molar-refractivity contribution >= 4 is 28.2 Å². The van der Waals surface area contributed by atoms with Crippen molar-refractivity contribution < 1.29 is 9.31 Å². The number of benzene rings is 1. The number of nitrogens with zero attached hydrogens (tertiary/aromatic N) is 3. The van der Waals surface area contributed by atoms with Crippen molar-refractivity contribution in [1.29, 1.82) is 0 Å². The summed E-state index contributed by atoms with van der Waals surface area (Å²) in [5.74, 6) is 0.611. The summed E-state index contributed by atoms with van der Waals surface area (Å²) in [5, 5.41) is 15.8.